The molecule has 6 heteroatoms. The number of carboxylic acids is 1. The van der Waals surface area contributed by atoms with Gasteiger partial charge in [0, 0.05) is 17.0 Å². The minimum absolute atomic E-state index is 0.106. The van der Waals surface area contributed by atoms with Crippen LogP contribution in [0.3, 0.4) is 0 Å². The number of nitrogens with one attached hydrogen (secondary N) is 1. The van der Waals surface area contributed by atoms with E-state index in [0.717, 1.165) is 16.6 Å². The molecular formula is C20H19N3O3. The second-order valence-electron chi connectivity index (χ2n) is 6.70. The van der Waals surface area contributed by atoms with Crippen LogP contribution in [0.15, 0.2) is 54.7 Å². The summed E-state index contributed by atoms with van der Waals surface area (Å²) in [5.41, 5.74) is 2.64. The molecule has 1 fully saturated rings. The van der Waals surface area contributed by atoms with Crippen LogP contribution in [0.5, 0.6) is 0 Å². The zero-order valence-corrected chi connectivity index (χ0v) is 14.1. The first-order chi connectivity index (χ1) is 12.6. The Bertz CT molecular complexity index is 962. The van der Waals surface area contributed by atoms with Crippen LogP contribution in [0.2, 0.25) is 0 Å². The van der Waals surface area contributed by atoms with Crippen LogP contribution in [0, 0.1) is 11.8 Å². The Morgan fingerprint density at radius 2 is 1.77 bits per heavy atom. The lowest BCUT2D eigenvalue weighted by Crippen LogP contribution is -2.21. The van der Waals surface area contributed by atoms with Crippen LogP contribution in [-0.4, -0.2) is 26.8 Å². The summed E-state index contributed by atoms with van der Waals surface area (Å²) in [6.07, 6.45) is 3.43. The molecule has 0 unspecified atom stereocenters. The number of hydrogen-bond acceptors (Lipinski definition) is 3. The van der Waals surface area contributed by atoms with Crippen molar-refractivity contribution in [3.05, 3.63) is 54.7 Å². The van der Waals surface area contributed by atoms with Crippen molar-refractivity contribution in [2.45, 2.75) is 19.3 Å². The van der Waals surface area contributed by atoms with Crippen molar-refractivity contribution in [2.75, 3.05) is 5.32 Å². The molecule has 2 N–H and O–H groups in total. The quantitative estimate of drug-likeness (QED) is 0.755. The monoisotopic (exact) mass is 349 g/mol. The summed E-state index contributed by atoms with van der Waals surface area (Å²) >= 11 is 0. The highest BCUT2D eigenvalue weighted by atomic mass is 16.4. The Kier molecular flexibility index (Phi) is 4.16. The second-order valence-corrected chi connectivity index (χ2v) is 6.70. The zero-order chi connectivity index (χ0) is 18.1. The minimum atomic E-state index is -0.809. The summed E-state index contributed by atoms with van der Waals surface area (Å²) in [6.45, 7) is 0. The number of rotatable bonds is 4. The molecule has 2 aromatic carbocycles. The molecule has 1 aliphatic carbocycles. The van der Waals surface area contributed by atoms with E-state index in [9.17, 15) is 9.59 Å². The van der Waals surface area contributed by atoms with E-state index in [4.69, 9.17) is 5.11 Å². The molecule has 4 rings (SSSR count). The van der Waals surface area contributed by atoms with Gasteiger partial charge in [0.15, 0.2) is 0 Å². The lowest BCUT2D eigenvalue weighted by Gasteiger charge is -2.11. The maximum atomic E-state index is 12.3. The first-order valence-corrected chi connectivity index (χ1v) is 8.69. The van der Waals surface area contributed by atoms with Gasteiger partial charge in [-0.15, -0.1) is 0 Å². The number of para-hydroxylation sites is 1. The molecule has 2 atom stereocenters. The van der Waals surface area contributed by atoms with Crippen LogP contribution in [0.25, 0.3) is 16.6 Å². The van der Waals surface area contributed by atoms with Gasteiger partial charge in [-0.1, -0.05) is 18.2 Å². The predicted octanol–water partition coefficient (Wildman–Crippen LogP) is 3.46. The Balaban J connectivity index is 1.47. The van der Waals surface area contributed by atoms with Crippen molar-refractivity contribution < 1.29 is 14.7 Å². The van der Waals surface area contributed by atoms with Gasteiger partial charge in [0.25, 0.3) is 0 Å². The van der Waals surface area contributed by atoms with Gasteiger partial charge < -0.3 is 10.4 Å². The lowest BCUT2D eigenvalue weighted by molar-refractivity contribution is -0.141. The maximum absolute atomic E-state index is 12.3. The highest BCUT2D eigenvalue weighted by molar-refractivity contribution is 5.93. The molecule has 132 valence electrons. The fourth-order valence-electron chi connectivity index (χ4n) is 3.55. The highest BCUT2D eigenvalue weighted by Gasteiger charge is 2.33. The molecular weight excluding hydrogens is 330 g/mol. The number of fused-ring (bicyclic) bond motifs is 1. The van der Waals surface area contributed by atoms with Crippen molar-refractivity contribution in [1.82, 2.24) is 9.78 Å². The summed E-state index contributed by atoms with van der Waals surface area (Å²) in [7, 11) is 0. The van der Waals surface area contributed by atoms with E-state index in [1.165, 1.54) is 0 Å². The van der Waals surface area contributed by atoms with Gasteiger partial charge in [-0.05, 0) is 49.6 Å². The number of carbonyl (C=O) groups is 2. The van der Waals surface area contributed by atoms with E-state index in [2.05, 4.69) is 10.4 Å². The first-order valence-electron chi connectivity index (χ1n) is 8.69. The van der Waals surface area contributed by atoms with E-state index in [-0.39, 0.29) is 11.8 Å². The number of nitrogens with zero attached hydrogens (tertiary/aromatic N) is 2. The number of carbonyl (C=O) groups excluding carboxylic acids is 1. The minimum Gasteiger partial charge on any atom is -0.481 e. The Morgan fingerprint density at radius 3 is 2.50 bits per heavy atom. The molecule has 1 amide bonds. The Labute approximate surface area is 150 Å². The molecule has 3 aromatic rings. The van der Waals surface area contributed by atoms with Gasteiger partial charge >= 0.3 is 5.97 Å². The molecule has 26 heavy (non-hydrogen) atoms. The molecule has 6 nitrogen and oxygen atoms in total. The number of aliphatic carboxylic acids is 1. The van der Waals surface area contributed by atoms with Crippen molar-refractivity contribution in [2.24, 2.45) is 11.8 Å². The van der Waals surface area contributed by atoms with Crippen LogP contribution < -0.4 is 5.32 Å². The normalized spacial score (nSPS) is 19.5. The van der Waals surface area contributed by atoms with Gasteiger partial charge in [0.2, 0.25) is 5.91 Å². The largest absolute Gasteiger partial charge is 0.481 e. The van der Waals surface area contributed by atoms with Crippen molar-refractivity contribution >= 4 is 28.5 Å². The van der Waals surface area contributed by atoms with E-state index in [0.29, 0.717) is 24.9 Å². The molecule has 1 heterocycles. The lowest BCUT2D eigenvalue weighted by atomic mass is 10.0. The van der Waals surface area contributed by atoms with Crippen molar-refractivity contribution in [3.63, 3.8) is 0 Å². The SMILES string of the molecule is O=C(O)[C@@H]1CC[C@H](C(=O)Nc2ccc(-n3ncc4ccccc43)cc2)C1. The van der Waals surface area contributed by atoms with Crippen LogP contribution in [-0.2, 0) is 9.59 Å². The predicted molar refractivity (Wildman–Crippen MR) is 98.2 cm³/mol. The van der Waals surface area contributed by atoms with Gasteiger partial charge in [-0.25, -0.2) is 4.68 Å². The van der Waals surface area contributed by atoms with Gasteiger partial charge in [0.05, 0.1) is 23.3 Å². The first kappa shape index (κ1) is 16.3. The fourth-order valence-corrected chi connectivity index (χ4v) is 3.55. The fraction of sp³-hybridized carbons (Fsp3) is 0.250. The van der Waals surface area contributed by atoms with E-state index < -0.39 is 11.9 Å². The van der Waals surface area contributed by atoms with Crippen LogP contribution in [0.4, 0.5) is 5.69 Å². The Morgan fingerprint density at radius 1 is 1.04 bits per heavy atom. The second kappa shape index (κ2) is 6.63. The molecule has 0 saturated heterocycles. The summed E-state index contributed by atoms with van der Waals surface area (Å²) in [5, 5.41) is 17.4. The highest BCUT2D eigenvalue weighted by Crippen LogP contribution is 2.32. The summed E-state index contributed by atoms with van der Waals surface area (Å²) in [6, 6.07) is 15.5. The zero-order valence-electron chi connectivity index (χ0n) is 14.1. The third kappa shape index (κ3) is 3.06. The Hall–Kier alpha value is -3.15. The standard InChI is InChI=1S/C20H19N3O3/c24-19(13-5-6-14(11-13)20(25)26)22-16-7-9-17(10-8-16)23-18-4-2-1-3-15(18)12-21-23/h1-4,7-10,12-14H,5-6,11H2,(H,22,24)(H,25,26)/t13-,14+/m0/s1. The smallest absolute Gasteiger partial charge is 0.306 e. The topological polar surface area (TPSA) is 84.2 Å². The molecule has 0 aliphatic heterocycles. The molecule has 0 bridgehead atoms. The molecule has 1 aliphatic rings. The van der Waals surface area contributed by atoms with E-state index in [1.54, 1.807) is 0 Å². The number of hydrogen-bond donors (Lipinski definition) is 2. The molecule has 1 saturated carbocycles. The van der Waals surface area contributed by atoms with Crippen molar-refractivity contribution in [3.8, 4) is 5.69 Å². The number of benzene rings is 2. The van der Waals surface area contributed by atoms with E-state index >= 15 is 0 Å². The third-order valence-electron chi connectivity index (χ3n) is 5.01. The number of carboxylic acid groups (broad SMARTS) is 1. The van der Waals surface area contributed by atoms with Gasteiger partial charge in [-0.2, -0.15) is 5.10 Å². The van der Waals surface area contributed by atoms with E-state index in [1.807, 2.05) is 59.4 Å². The molecule has 1 aromatic heterocycles. The van der Waals surface area contributed by atoms with Gasteiger partial charge in [0.1, 0.15) is 0 Å². The maximum Gasteiger partial charge on any atom is 0.306 e. The number of anilines is 1. The number of amides is 1. The molecule has 0 spiro atoms. The van der Waals surface area contributed by atoms with Crippen molar-refractivity contribution in [1.29, 1.82) is 0 Å². The van der Waals surface area contributed by atoms with Gasteiger partial charge in [-0.3, -0.25) is 9.59 Å². The summed E-state index contributed by atoms with van der Waals surface area (Å²) < 4.78 is 1.86. The molecule has 0 radical (unpaired) electrons. The average molecular weight is 349 g/mol. The van der Waals surface area contributed by atoms with Crippen LogP contribution >= 0.6 is 0 Å². The number of aromatic nitrogens is 2. The summed E-state index contributed by atoms with van der Waals surface area (Å²) in [5.74, 6) is -1.55. The van der Waals surface area contributed by atoms with Crippen LogP contribution in [0.1, 0.15) is 19.3 Å². The third-order valence-corrected chi connectivity index (χ3v) is 5.01. The average Bonchev–Trinajstić information content (AvgIpc) is 3.30. The summed E-state index contributed by atoms with van der Waals surface area (Å²) in [4.78, 5) is 23.4.